The molecule has 2 aliphatic heterocycles. The first kappa shape index (κ1) is 15.4. The van der Waals surface area contributed by atoms with Crippen molar-refractivity contribution in [1.82, 2.24) is 10.2 Å². The van der Waals surface area contributed by atoms with Crippen LogP contribution in [0.25, 0.3) is 0 Å². The summed E-state index contributed by atoms with van der Waals surface area (Å²) in [5.41, 5.74) is -0.262. The number of carbonyl (C=O) groups is 1. The second-order valence-corrected chi connectivity index (χ2v) is 6.98. The van der Waals surface area contributed by atoms with Crippen LogP contribution in [0.4, 0.5) is 0 Å². The first-order valence-corrected chi connectivity index (χ1v) is 7.77. The van der Waals surface area contributed by atoms with E-state index in [0.29, 0.717) is 12.0 Å². The SMILES string of the molecule is CC[C@H](C)[C@H]1C(OC(C)(C)C)=CC(=O)N1[C@H]1CCNC1. The van der Waals surface area contributed by atoms with Crippen molar-refractivity contribution in [3.05, 3.63) is 11.8 Å². The molecule has 0 aromatic carbocycles. The third kappa shape index (κ3) is 3.17. The Bertz CT molecular complexity index is 392. The topological polar surface area (TPSA) is 41.6 Å². The lowest BCUT2D eigenvalue weighted by atomic mass is 9.96. The Balaban J connectivity index is 2.23. The van der Waals surface area contributed by atoms with E-state index in [4.69, 9.17) is 4.74 Å². The molecule has 0 aliphatic carbocycles. The average molecular weight is 280 g/mol. The van der Waals surface area contributed by atoms with Gasteiger partial charge >= 0.3 is 0 Å². The Morgan fingerprint density at radius 3 is 2.70 bits per heavy atom. The van der Waals surface area contributed by atoms with Gasteiger partial charge in [0.05, 0.1) is 6.04 Å². The van der Waals surface area contributed by atoms with Gasteiger partial charge in [0.1, 0.15) is 11.4 Å². The predicted molar refractivity (Wildman–Crippen MR) is 80.3 cm³/mol. The van der Waals surface area contributed by atoms with Crippen LogP contribution in [0.2, 0.25) is 0 Å². The molecule has 0 radical (unpaired) electrons. The van der Waals surface area contributed by atoms with Gasteiger partial charge in [-0.25, -0.2) is 0 Å². The number of amides is 1. The zero-order chi connectivity index (χ0) is 14.9. The van der Waals surface area contributed by atoms with E-state index in [-0.39, 0.29) is 17.6 Å². The van der Waals surface area contributed by atoms with Gasteiger partial charge in [-0.3, -0.25) is 4.79 Å². The zero-order valence-electron chi connectivity index (χ0n) is 13.4. The summed E-state index contributed by atoms with van der Waals surface area (Å²) in [6.07, 6.45) is 3.79. The first-order chi connectivity index (χ1) is 9.33. The molecule has 1 amide bonds. The molecule has 0 aromatic rings. The lowest BCUT2D eigenvalue weighted by molar-refractivity contribution is -0.129. The highest BCUT2D eigenvalue weighted by atomic mass is 16.5. The molecule has 4 nitrogen and oxygen atoms in total. The minimum Gasteiger partial charge on any atom is -0.490 e. The van der Waals surface area contributed by atoms with Crippen LogP contribution in [-0.4, -0.2) is 41.6 Å². The maximum absolute atomic E-state index is 12.4. The van der Waals surface area contributed by atoms with Crippen molar-refractivity contribution in [3.8, 4) is 0 Å². The number of carbonyl (C=O) groups excluding carboxylic acids is 1. The maximum Gasteiger partial charge on any atom is 0.250 e. The highest BCUT2D eigenvalue weighted by Gasteiger charge is 2.42. The van der Waals surface area contributed by atoms with Crippen LogP contribution in [0.5, 0.6) is 0 Å². The summed E-state index contributed by atoms with van der Waals surface area (Å²) in [6, 6.07) is 0.399. The van der Waals surface area contributed by atoms with Crippen LogP contribution in [0.1, 0.15) is 47.5 Å². The zero-order valence-corrected chi connectivity index (χ0v) is 13.4. The van der Waals surface area contributed by atoms with Crippen molar-refractivity contribution in [2.45, 2.75) is 65.1 Å². The fourth-order valence-corrected chi connectivity index (χ4v) is 3.06. The molecule has 3 atom stereocenters. The normalized spacial score (nSPS) is 28.8. The maximum atomic E-state index is 12.4. The van der Waals surface area contributed by atoms with Gasteiger partial charge in [-0.1, -0.05) is 20.3 Å². The number of hydrogen-bond donors (Lipinski definition) is 1. The second kappa shape index (κ2) is 5.76. The second-order valence-electron chi connectivity index (χ2n) is 6.98. The minimum absolute atomic E-state index is 0.0941. The Labute approximate surface area is 122 Å². The lowest BCUT2D eigenvalue weighted by Gasteiger charge is -2.37. The van der Waals surface area contributed by atoms with Gasteiger partial charge in [0.2, 0.25) is 0 Å². The van der Waals surface area contributed by atoms with Gasteiger partial charge in [0.15, 0.2) is 0 Å². The van der Waals surface area contributed by atoms with E-state index in [1.165, 1.54) is 0 Å². The third-order valence-corrected chi connectivity index (χ3v) is 4.15. The van der Waals surface area contributed by atoms with Crippen molar-refractivity contribution in [2.24, 2.45) is 5.92 Å². The molecule has 2 heterocycles. The highest BCUT2D eigenvalue weighted by Crippen LogP contribution is 2.34. The van der Waals surface area contributed by atoms with Gasteiger partial charge in [0.25, 0.3) is 5.91 Å². The molecule has 0 saturated carbocycles. The molecule has 4 heteroatoms. The Morgan fingerprint density at radius 1 is 1.50 bits per heavy atom. The molecule has 114 valence electrons. The molecular formula is C16H28N2O2. The molecule has 1 saturated heterocycles. The molecule has 2 rings (SSSR count). The Morgan fingerprint density at radius 2 is 2.20 bits per heavy atom. The van der Waals surface area contributed by atoms with Crippen LogP contribution < -0.4 is 5.32 Å². The molecule has 0 aromatic heterocycles. The number of nitrogens with zero attached hydrogens (tertiary/aromatic N) is 1. The smallest absolute Gasteiger partial charge is 0.250 e. The molecule has 2 aliphatic rings. The van der Waals surface area contributed by atoms with E-state index < -0.39 is 0 Å². The van der Waals surface area contributed by atoms with E-state index in [9.17, 15) is 4.79 Å². The quantitative estimate of drug-likeness (QED) is 0.859. The molecular weight excluding hydrogens is 252 g/mol. The van der Waals surface area contributed by atoms with E-state index >= 15 is 0 Å². The number of hydrogen-bond acceptors (Lipinski definition) is 3. The van der Waals surface area contributed by atoms with Gasteiger partial charge in [0, 0.05) is 18.7 Å². The molecule has 0 spiro atoms. The highest BCUT2D eigenvalue weighted by molar-refractivity contribution is 5.92. The largest absolute Gasteiger partial charge is 0.490 e. The molecule has 0 unspecified atom stereocenters. The fraction of sp³-hybridized carbons (Fsp3) is 0.812. The minimum atomic E-state index is -0.262. The van der Waals surface area contributed by atoms with Gasteiger partial charge in [-0.05, 0) is 39.7 Å². The summed E-state index contributed by atoms with van der Waals surface area (Å²) in [4.78, 5) is 14.5. The lowest BCUT2D eigenvalue weighted by Crippen LogP contribution is -2.48. The molecule has 0 bridgehead atoms. The molecule has 20 heavy (non-hydrogen) atoms. The van der Waals surface area contributed by atoms with Gasteiger partial charge in [-0.2, -0.15) is 0 Å². The first-order valence-electron chi connectivity index (χ1n) is 7.77. The van der Waals surface area contributed by atoms with Gasteiger partial charge < -0.3 is 15.0 Å². The summed E-state index contributed by atoms with van der Waals surface area (Å²) < 4.78 is 6.07. The standard InChI is InChI=1S/C16H28N2O2/c1-6-11(2)15-13(20-16(3,4)5)9-14(19)18(15)12-7-8-17-10-12/h9,11-12,15,17H,6-8,10H2,1-5H3/t11-,12-,15-/m0/s1. The Kier molecular flexibility index (Phi) is 4.43. The third-order valence-electron chi connectivity index (χ3n) is 4.15. The fourth-order valence-electron chi connectivity index (χ4n) is 3.06. The van der Waals surface area contributed by atoms with Crippen molar-refractivity contribution in [1.29, 1.82) is 0 Å². The van der Waals surface area contributed by atoms with E-state index in [1.54, 1.807) is 6.08 Å². The summed E-state index contributed by atoms with van der Waals surface area (Å²) in [6.45, 7) is 12.4. The van der Waals surface area contributed by atoms with Crippen LogP contribution in [-0.2, 0) is 9.53 Å². The summed E-state index contributed by atoms with van der Waals surface area (Å²) in [5.74, 6) is 1.38. The van der Waals surface area contributed by atoms with Crippen molar-refractivity contribution in [2.75, 3.05) is 13.1 Å². The molecule has 1 fully saturated rings. The number of ether oxygens (including phenoxy) is 1. The summed E-state index contributed by atoms with van der Waals surface area (Å²) in [5, 5.41) is 3.35. The Hall–Kier alpha value is -1.03. The van der Waals surface area contributed by atoms with Crippen molar-refractivity contribution in [3.63, 3.8) is 0 Å². The summed E-state index contributed by atoms with van der Waals surface area (Å²) >= 11 is 0. The average Bonchev–Trinajstić information content (AvgIpc) is 2.93. The predicted octanol–water partition coefficient (Wildman–Crippen LogP) is 2.30. The van der Waals surface area contributed by atoms with E-state index in [1.807, 2.05) is 20.8 Å². The van der Waals surface area contributed by atoms with Crippen LogP contribution in [0, 0.1) is 5.92 Å². The van der Waals surface area contributed by atoms with Crippen molar-refractivity contribution < 1.29 is 9.53 Å². The van der Waals surface area contributed by atoms with E-state index in [0.717, 1.165) is 31.7 Å². The van der Waals surface area contributed by atoms with Crippen LogP contribution >= 0.6 is 0 Å². The monoisotopic (exact) mass is 280 g/mol. The van der Waals surface area contributed by atoms with Crippen LogP contribution in [0.3, 0.4) is 0 Å². The summed E-state index contributed by atoms with van der Waals surface area (Å²) in [7, 11) is 0. The number of rotatable bonds is 4. The van der Waals surface area contributed by atoms with Gasteiger partial charge in [-0.15, -0.1) is 0 Å². The molecule has 1 N–H and O–H groups in total. The number of nitrogens with one attached hydrogen (secondary N) is 1. The van der Waals surface area contributed by atoms with Crippen LogP contribution in [0.15, 0.2) is 11.8 Å². The van der Waals surface area contributed by atoms with Crippen molar-refractivity contribution >= 4 is 5.91 Å². The van der Waals surface area contributed by atoms with E-state index in [2.05, 4.69) is 24.1 Å².